The van der Waals surface area contributed by atoms with Crippen molar-refractivity contribution in [3.8, 4) is 0 Å². The van der Waals surface area contributed by atoms with Gasteiger partial charge in [0.25, 0.3) is 6.47 Å². The molecule has 12 saturated heterocycles. The normalized spacial score (nSPS) is 48.0. The zero-order chi connectivity index (χ0) is 63.9. The van der Waals surface area contributed by atoms with Crippen LogP contribution in [0.5, 0.6) is 0 Å². The fourth-order valence-electron chi connectivity index (χ4n) is 19.2. The molecule has 91 heavy (non-hydrogen) atoms. The second kappa shape index (κ2) is 22.0. The Morgan fingerprint density at radius 3 is 1.51 bits per heavy atom. The third kappa shape index (κ3) is 8.40. The maximum absolute atomic E-state index is 14.2. The van der Waals surface area contributed by atoms with E-state index in [0.717, 1.165) is 44.9 Å². The standard InChI is InChI=1S/C15H14O5S.C11H12O5.C9H9BrO3.C9H9ClO3.C9H8F2O3.C9H9FO3.CH4/c16-10-8-12(17)15(13-7-6-11(20-13)14(10)15)21(18,19)9-4-2-1-3-5-9;12-5-15-4-11-8(14)3-6(13)10(11)7-1-2-9(11)16-7;2*10-9-6(12)3-4(11)8(9)5-1-2-7(9)13-5;10-8-4(12)3-5(13)9(8,11)7-2-1-6(8)14-7;10-9-6(12)3-4(11)8(9)5-1-2-7(9)13-5;/h1-5,11,13-14H,6-8H2;5,7,9-10H,1-4H2;2*5,7-8H,1-3H2;6-7H,1-3H2;5,7-8H,1-3H2;1H4/t11-,13+,14-,15-;7-,9+,10-,11+;2*5-,7+,8-,9-;6-,7+,8+,9-;5-,7+,8-,9-;/m0000.0./s1. The second-order valence-electron chi connectivity index (χ2n) is 26.9. The van der Waals surface area contributed by atoms with Crippen molar-refractivity contribution in [2.45, 2.75) is 232 Å². The average Bonchev–Trinajstić information content (AvgIpc) is 1.53. The summed E-state index contributed by atoms with van der Waals surface area (Å²) >= 11 is 9.65. The number of hydrogen-bond acceptors (Lipinski definition) is 22. The Bertz CT molecular complexity index is 3400. The minimum Gasteiger partial charge on any atom is -0.467 e. The number of carbonyl (C=O) groups excluding carboxylic acids is 13. The van der Waals surface area contributed by atoms with Gasteiger partial charge in [0.15, 0.2) is 55.1 Å². The van der Waals surface area contributed by atoms with E-state index in [2.05, 4.69) is 15.9 Å². The van der Waals surface area contributed by atoms with Gasteiger partial charge in [-0.15, -0.1) is 11.6 Å². The van der Waals surface area contributed by atoms with Crippen LogP contribution in [0.3, 0.4) is 0 Å². The molecule has 0 aromatic heterocycles. The predicted octanol–water partition coefficient (Wildman–Crippen LogP) is 3.86. The first-order chi connectivity index (χ1) is 42.6. The molecule has 0 radical (unpaired) electrons. The van der Waals surface area contributed by atoms with Gasteiger partial charge in [0.1, 0.15) is 68.4 Å². The summed E-state index contributed by atoms with van der Waals surface area (Å²) in [4.78, 5) is 149. The number of halogens is 5. The molecular weight excluding hydrogens is 1310 g/mol. The van der Waals surface area contributed by atoms with E-state index in [9.17, 15) is 83.9 Å². The molecule has 12 aliphatic heterocycles. The van der Waals surface area contributed by atoms with Crippen LogP contribution in [-0.2, 0) is 105 Å². The van der Waals surface area contributed by atoms with Crippen molar-refractivity contribution in [1.82, 2.24) is 0 Å². The van der Waals surface area contributed by atoms with Crippen LogP contribution >= 0.6 is 27.5 Å². The van der Waals surface area contributed by atoms with Gasteiger partial charge in [-0.3, -0.25) is 62.3 Å². The molecule has 12 heterocycles. The number of Topliss-reactive ketones (excluding diaryl/α,β-unsaturated/α-hetero) is 12. The molecule has 18 fully saturated rings. The van der Waals surface area contributed by atoms with Gasteiger partial charge in [0, 0.05) is 0 Å². The first kappa shape index (κ1) is 64.7. The van der Waals surface area contributed by atoms with E-state index in [0.29, 0.717) is 38.6 Å². The topological polar surface area (TPSA) is 321 Å². The Morgan fingerprint density at radius 2 is 0.890 bits per heavy atom. The Morgan fingerprint density at radius 1 is 0.462 bits per heavy atom. The number of ether oxygens (including phenoxy) is 7. The Balaban J connectivity index is 0.000000101. The van der Waals surface area contributed by atoms with Crippen molar-refractivity contribution in [3.05, 3.63) is 30.3 Å². The molecule has 0 spiro atoms. The molecule has 28 heteroatoms. The van der Waals surface area contributed by atoms with Crippen LogP contribution in [0.1, 0.15) is 123 Å². The smallest absolute Gasteiger partial charge is 0.293 e. The highest BCUT2D eigenvalue weighted by Gasteiger charge is 2.82. The summed E-state index contributed by atoms with van der Waals surface area (Å²) in [6.45, 7) is 0.320. The van der Waals surface area contributed by atoms with Crippen molar-refractivity contribution in [1.29, 1.82) is 0 Å². The Labute approximate surface area is 531 Å². The van der Waals surface area contributed by atoms with Crippen molar-refractivity contribution in [2.24, 2.45) is 35.0 Å². The van der Waals surface area contributed by atoms with Crippen LogP contribution < -0.4 is 0 Å². The molecule has 18 aliphatic rings. The van der Waals surface area contributed by atoms with Gasteiger partial charge in [-0.2, -0.15) is 0 Å². The quantitative estimate of drug-likeness (QED) is 0.229. The summed E-state index contributed by atoms with van der Waals surface area (Å²) in [7, 11) is -3.95. The number of benzene rings is 1. The lowest BCUT2D eigenvalue weighted by molar-refractivity contribution is -0.143. The number of fused-ring (bicyclic) bond motifs is 30. The maximum atomic E-state index is 14.2. The number of sulfone groups is 1. The zero-order valence-electron chi connectivity index (χ0n) is 48.0. The van der Waals surface area contributed by atoms with Gasteiger partial charge in [-0.1, -0.05) is 41.6 Å². The maximum Gasteiger partial charge on any atom is 0.293 e. The van der Waals surface area contributed by atoms with Gasteiger partial charge in [-0.05, 0) is 89.2 Å². The lowest BCUT2D eigenvalue weighted by atomic mass is 9.68. The highest BCUT2D eigenvalue weighted by atomic mass is 79.9. The van der Waals surface area contributed by atoms with Gasteiger partial charge in [0.2, 0.25) is 17.0 Å². The van der Waals surface area contributed by atoms with Gasteiger partial charge < -0.3 is 33.2 Å². The first-order valence-corrected chi connectivity index (χ1v) is 33.4. The number of ketones is 12. The average molecular weight is 1380 g/mol. The number of rotatable bonds is 5. The first-order valence-electron chi connectivity index (χ1n) is 30.7. The molecule has 22 nitrogen and oxygen atoms in total. The van der Waals surface area contributed by atoms with Crippen molar-refractivity contribution in [3.63, 3.8) is 0 Å². The molecule has 0 unspecified atom stereocenters. The predicted molar refractivity (Wildman–Crippen MR) is 302 cm³/mol. The molecular formula is C63H65BrClF3O22S. The molecule has 24 atom stereocenters. The third-order valence-corrected chi connectivity index (χ3v) is 27.7. The van der Waals surface area contributed by atoms with E-state index < -0.39 is 118 Å². The van der Waals surface area contributed by atoms with Crippen molar-refractivity contribution < 1.29 is 117 Å². The van der Waals surface area contributed by atoms with E-state index in [1.54, 1.807) is 18.2 Å². The molecule has 6 saturated carbocycles. The largest absolute Gasteiger partial charge is 0.467 e. The summed E-state index contributed by atoms with van der Waals surface area (Å²) in [6, 6.07) is 7.90. The molecule has 6 aliphatic carbocycles. The monoisotopic (exact) mass is 1380 g/mol. The van der Waals surface area contributed by atoms with E-state index in [1.807, 2.05) is 0 Å². The highest BCUT2D eigenvalue weighted by molar-refractivity contribution is 9.10. The summed E-state index contributed by atoms with van der Waals surface area (Å²) in [5, 5.41) is 0. The zero-order valence-corrected chi connectivity index (χ0v) is 51.2. The van der Waals surface area contributed by atoms with E-state index in [1.165, 1.54) is 12.1 Å². The van der Waals surface area contributed by atoms with Crippen LogP contribution in [-0.4, -0.2) is 195 Å². The molecule has 490 valence electrons. The number of hydrogen-bond donors (Lipinski definition) is 0. The molecule has 12 bridgehead atoms. The van der Waals surface area contributed by atoms with Crippen LogP contribution in [0.4, 0.5) is 13.2 Å². The van der Waals surface area contributed by atoms with E-state index in [4.69, 9.17) is 44.8 Å². The number of carbonyl (C=O) groups is 13. The van der Waals surface area contributed by atoms with Crippen LogP contribution in [0.15, 0.2) is 35.2 Å². The summed E-state index contributed by atoms with van der Waals surface area (Å²) < 4.78 is 104. The summed E-state index contributed by atoms with van der Waals surface area (Å²) in [5.74, 6) is -6.25. The van der Waals surface area contributed by atoms with Crippen molar-refractivity contribution in [2.75, 3.05) is 6.61 Å². The van der Waals surface area contributed by atoms with Gasteiger partial charge in [-0.25, -0.2) is 21.6 Å². The summed E-state index contributed by atoms with van der Waals surface area (Å²) in [5.41, 5.74) is -8.19. The highest BCUT2D eigenvalue weighted by Crippen LogP contribution is 2.62. The lowest BCUT2D eigenvalue weighted by Gasteiger charge is -2.33. The Hall–Kier alpha value is -5.00. The van der Waals surface area contributed by atoms with Gasteiger partial charge >= 0.3 is 0 Å². The van der Waals surface area contributed by atoms with E-state index in [-0.39, 0.29) is 158 Å². The second-order valence-corrected chi connectivity index (χ2v) is 31.0. The summed E-state index contributed by atoms with van der Waals surface area (Å²) in [6.07, 6.45) is 2.37. The minimum atomic E-state index is -3.95. The van der Waals surface area contributed by atoms with Crippen LogP contribution in [0, 0.1) is 35.0 Å². The van der Waals surface area contributed by atoms with Gasteiger partial charge in [0.05, 0.1) is 128 Å². The molecule has 19 rings (SSSR count). The SMILES string of the molecule is C.O=C1CC(=O)[C@]2(Br)[C@H]3CC[C@H](O3)[C@H]12.O=C1CC(=O)[C@]2(Cl)[C@H]3CC[C@H](O3)[C@H]12.O=C1CC(=O)[C@]2(F)[C@H]3CC[C@H](O3)[C@H]12.O=C1CC(=O)[C@]2(F)[C@H]3CC[C@H](O3)[C@]12F.O=C1CC(=O)[C@]2(S(=O)(=O)c3ccccc3)[C@H]3CC[C@H](O3)[C@H]12.O=COC[C@]12C(=O)CC(=O)[C@H]1[C@@H]1CC[C@H]2O1. The molecule has 1 aromatic carbocycles. The fraction of sp³-hybridized carbons (Fsp3) is 0.698. The van der Waals surface area contributed by atoms with Crippen molar-refractivity contribution >= 4 is 113 Å². The van der Waals surface area contributed by atoms with E-state index >= 15 is 0 Å². The van der Waals surface area contributed by atoms with Crippen LogP contribution in [0.25, 0.3) is 0 Å². The third-order valence-electron chi connectivity index (χ3n) is 23.1. The Kier molecular flexibility index (Phi) is 15.7. The lowest BCUT2D eigenvalue weighted by Crippen LogP contribution is -2.57. The minimum absolute atomic E-state index is 0. The fourth-order valence-corrected chi connectivity index (χ4v) is 23.2. The van der Waals surface area contributed by atoms with Crippen LogP contribution in [0.2, 0.25) is 0 Å². The number of alkyl halides is 5. The molecule has 0 amide bonds. The molecule has 1 aromatic rings. The molecule has 0 N–H and O–H groups in total.